The fourth-order valence-electron chi connectivity index (χ4n) is 1.45. The topological polar surface area (TPSA) is 12.0 Å². The van der Waals surface area contributed by atoms with Crippen LogP contribution in [0.2, 0.25) is 5.02 Å². The molecule has 1 aromatic rings. The lowest BCUT2D eigenvalue weighted by atomic mass is 10.1. The highest BCUT2D eigenvalue weighted by Crippen LogP contribution is 2.12. The van der Waals surface area contributed by atoms with Gasteiger partial charge < -0.3 is 5.32 Å². The number of aryl methyl sites for hydroxylation is 1. The molecule has 0 amide bonds. The fraction of sp³-hybridized carbons (Fsp3) is 0.500. The van der Waals surface area contributed by atoms with Crippen molar-refractivity contribution in [3.8, 4) is 0 Å². The molecule has 0 aliphatic heterocycles. The van der Waals surface area contributed by atoms with Gasteiger partial charge in [-0.15, -0.1) is 0 Å². The van der Waals surface area contributed by atoms with Crippen LogP contribution in [0.15, 0.2) is 24.3 Å². The molecule has 0 saturated heterocycles. The van der Waals surface area contributed by atoms with Crippen molar-refractivity contribution < 1.29 is 0 Å². The van der Waals surface area contributed by atoms with E-state index in [0.29, 0.717) is 0 Å². The van der Waals surface area contributed by atoms with E-state index in [-0.39, 0.29) is 0 Å². The summed E-state index contributed by atoms with van der Waals surface area (Å²) >= 11 is 5.90. The summed E-state index contributed by atoms with van der Waals surface area (Å²) in [4.78, 5) is 0. The molecule has 78 valence electrons. The Balaban J connectivity index is 2.18. The van der Waals surface area contributed by atoms with E-state index in [9.17, 15) is 0 Å². The molecule has 0 aromatic heterocycles. The number of hydrogen-bond donors (Lipinski definition) is 1. The van der Waals surface area contributed by atoms with Gasteiger partial charge in [0, 0.05) is 5.02 Å². The van der Waals surface area contributed by atoms with E-state index in [0.717, 1.165) is 24.5 Å². The first kappa shape index (κ1) is 11.5. The lowest BCUT2D eigenvalue weighted by Gasteiger charge is -2.02. The molecule has 0 aliphatic carbocycles. The first-order valence-corrected chi connectivity index (χ1v) is 5.66. The third-order valence-electron chi connectivity index (χ3n) is 2.21. The second-order valence-electron chi connectivity index (χ2n) is 3.44. The summed E-state index contributed by atoms with van der Waals surface area (Å²) < 4.78 is 0. The molecule has 0 spiro atoms. The monoisotopic (exact) mass is 211 g/mol. The van der Waals surface area contributed by atoms with E-state index in [2.05, 4.69) is 24.4 Å². The summed E-state index contributed by atoms with van der Waals surface area (Å²) in [5, 5.41) is 4.16. The molecule has 0 aliphatic rings. The van der Waals surface area contributed by atoms with Crippen LogP contribution in [0, 0.1) is 0 Å². The molecule has 0 atom stereocenters. The molecule has 2 heteroatoms. The minimum absolute atomic E-state index is 0.842. The van der Waals surface area contributed by atoms with Gasteiger partial charge >= 0.3 is 0 Å². The fourth-order valence-corrected chi connectivity index (χ4v) is 1.66. The smallest absolute Gasteiger partial charge is 0.0408 e. The molecule has 0 radical (unpaired) electrons. The molecular formula is C12H18ClN. The molecule has 1 N–H and O–H groups in total. The zero-order chi connectivity index (χ0) is 10.2. The first-order valence-electron chi connectivity index (χ1n) is 5.28. The standard InChI is InChI=1S/C12H18ClN/c1-2-14-9-4-3-6-11-7-5-8-12(13)10-11/h5,7-8,10,14H,2-4,6,9H2,1H3. The maximum atomic E-state index is 5.90. The van der Waals surface area contributed by atoms with Crippen LogP contribution in [0.5, 0.6) is 0 Å². The summed E-state index contributed by atoms with van der Waals surface area (Å²) in [7, 11) is 0. The van der Waals surface area contributed by atoms with Gasteiger partial charge in [-0.05, 0) is 50.0 Å². The Morgan fingerprint density at radius 1 is 1.29 bits per heavy atom. The number of benzene rings is 1. The summed E-state index contributed by atoms with van der Waals surface area (Å²) in [5.74, 6) is 0. The zero-order valence-electron chi connectivity index (χ0n) is 8.72. The van der Waals surface area contributed by atoms with Crippen LogP contribution < -0.4 is 5.32 Å². The van der Waals surface area contributed by atoms with E-state index >= 15 is 0 Å². The molecule has 14 heavy (non-hydrogen) atoms. The van der Waals surface area contributed by atoms with Crippen LogP contribution in [-0.2, 0) is 6.42 Å². The third-order valence-corrected chi connectivity index (χ3v) is 2.44. The highest BCUT2D eigenvalue weighted by molar-refractivity contribution is 6.30. The van der Waals surface area contributed by atoms with E-state index in [1.54, 1.807) is 0 Å². The molecule has 1 aromatic carbocycles. The number of halogens is 1. The average Bonchev–Trinajstić information content (AvgIpc) is 2.18. The lowest BCUT2D eigenvalue weighted by Crippen LogP contribution is -2.13. The highest BCUT2D eigenvalue weighted by Gasteiger charge is 1.94. The van der Waals surface area contributed by atoms with Crippen LogP contribution in [0.3, 0.4) is 0 Å². The van der Waals surface area contributed by atoms with Crippen molar-refractivity contribution in [2.45, 2.75) is 26.2 Å². The van der Waals surface area contributed by atoms with Gasteiger partial charge in [-0.25, -0.2) is 0 Å². The average molecular weight is 212 g/mol. The van der Waals surface area contributed by atoms with Gasteiger partial charge in [0.15, 0.2) is 0 Å². The number of unbranched alkanes of at least 4 members (excludes halogenated alkanes) is 1. The normalized spacial score (nSPS) is 10.4. The molecule has 0 fully saturated rings. The molecule has 1 nitrogen and oxygen atoms in total. The molecule has 0 unspecified atom stereocenters. The SMILES string of the molecule is CCNCCCCc1cccc(Cl)c1. The Bertz CT molecular complexity index is 260. The molecule has 1 rings (SSSR count). The van der Waals surface area contributed by atoms with Gasteiger partial charge in [0.05, 0.1) is 0 Å². The summed E-state index contributed by atoms with van der Waals surface area (Å²) in [6.07, 6.45) is 3.60. The van der Waals surface area contributed by atoms with E-state index in [4.69, 9.17) is 11.6 Å². The first-order chi connectivity index (χ1) is 6.83. The Labute approximate surface area is 91.5 Å². The minimum atomic E-state index is 0.842. The van der Waals surface area contributed by atoms with Crippen LogP contribution in [-0.4, -0.2) is 13.1 Å². The largest absolute Gasteiger partial charge is 0.317 e. The van der Waals surface area contributed by atoms with Crippen molar-refractivity contribution >= 4 is 11.6 Å². The Morgan fingerprint density at radius 3 is 2.86 bits per heavy atom. The summed E-state index contributed by atoms with van der Waals surface area (Å²) in [6.45, 7) is 4.32. The van der Waals surface area contributed by atoms with Gasteiger partial charge in [-0.2, -0.15) is 0 Å². The lowest BCUT2D eigenvalue weighted by molar-refractivity contribution is 0.641. The van der Waals surface area contributed by atoms with Crippen molar-refractivity contribution in [1.82, 2.24) is 5.32 Å². The van der Waals surface area contributed by atoms with E-state index in [1.165, 1.54) is 18.4 Å². The number of nitrogens with one attached hydrogen (secondary N) is 1. The van der Waals surface area contributed by atoms with Crippen molar-refractivity contribution in [2.75, 3.05) is 13.1 Å². The molecule has 0 bridgehead atoms. The van der Waals surface area contributed by atoms with Crippen LogP contribution >= 0.6 is 11.6 Å². The second kappa shape index (κ2) is 6.86. The second-order valence-corrected chi connectivity index (χ2v) is 3.88. The zero-order valence-corrected chi connectivity index (χ0v) is 9.48. The molecular weight excluding hydrogens is 194 g/mol. The quantitative estimate of drug-likeness (QED) is 0.713. The van der Waals surface area contributed by atoms with Gasteiger partial charge in [0.2, 0.25) is 0 Å². The molecule has 0 saturated carbocycles. The van der Waals surface area contributed by atoms with Crippen LogP contribution in [0.25, 0.3) is 0 Å². The van der Waals surface area contributed by atoms with Crippen molar-refractivity contribution in [3.63, 3.8) is 0 Å². The van der Waals surface area contributed by atoms with Crippen LogP contribution in [0.4, 0.5) is 0 Å². The maximum Gasteiger partial charge on any atom is 0.0408 e. The predicted octanol–water partition coefficient (Wildman–Crippen LogP) is 3.27. The third kappa shape index (κ3) is 4.64. The predicted molar refractivity (Wildman–Crippen MR) is 62.9 cm³/mol. The minimum Gasteiger partial charge on any atom is -0.317 e. The van der Waals surface area contributed by atoms with Crippen molar-refractivity contribution in [2.24, 2.45) is 0 Å². The highest BCUT2D eigenvalue weighted by atomic mass is 35.5. The maximum absolute atomic E-state index is 5.90. The van der Waals surface area contributed by atoms with Gasteiger partial charge in [0.1, 0.15) is 0 Å². The number of hydrogen-bond acceptors (Lipinski definition) is 1. The van der Waals surface area contributed by atoms with Gasteiger partial charge in [0.25, 0.3) is 0 Å². The van der Waals surface area contributed by atoms with E-state index in [1.807, 2.05) is 12.1 Å². The van der Waals surface area contributed by atoms with Gasteiger partial charge in [-0.1, -0.05) is 30.7 Å². The Kier molecular flexibility index (Phi) is 5.65. The van der Waals surface area contributed by atoms with Crippen LogP contribution in [0.1, 0.15) is 25.3 Å². The summed E-state index contributed by atoms with van der Waals surface area (Å²) in [6, 6.07) is 8.12. The Morgan fingerprint density at radius 2 is 2.14 bits per heavy atom. The molecule has 0 heterocycles. The van der Waals surface area contributed by atoms with Crippen molar-refractivity contribution in [1.29, 1.82) is 0 Å². The van der Waals surface area contributed by atoms with Crippen molar-refractivity contribution in [3.05, 3.63) is 34.9 Å². The Hall–Kier alpha value is -0.530. The number of rotatable bonds is 6. The van der Waals surface area contributed by atoms with Gasteiger partial charge in [-0.3, -0.25) is 0 Å². The van der Waals surface area contributed by atoms with E-state index < -0.39 is 0 Å². The summed E-state index contributed by atoms with van der Waals surface area (Å²) in [5.41, 5.74) is 1.34.